The molecular formula is C17H18BrFN2O. The van der Waals surface area contributed by atoms with E-state index in [0.717, 1.165) is 15.6 Å². The Kier molecular flexibility index (Phi) is 6.10. The average Bonchev–Trinajstić information content (AvgIpc) is 2.49. The number of likely N-dealkylation sites (N-methyl/N-ethyl adjacent to an activating group) is 1. The summed E-state index contributed by atoms with van der Waals surface area (Å²) >= 11 is 3.50. The first kappa shape index (κ1) is 16.6. The molecule has 0 unspecified atom stereocenters. The van der Waals surface area contributed by atoms with Gasteiger partial charge in [-0.1, -0.05) is 46.3 Å². The normalized spacial score (nSPS) is 10.7. The fraction of sp³-hybridized carbons (Fsp3) is 0.235. The molecule has 2 aromatic rings. The second kappa shape index (κ2) is 8.06. The quantitative estimate of drug-likeness (QED) is 0.852. The molecule has 0 fully saturated rings. The number of nitrogens with one attached hydrogen (secondary N) is 1. The van der Waals surface area contributed by atoms with E-state index in [0.29, 0.717) is 19.6 Å². The molecule has 0 heterocycles. The van der Waals surface area contributed by atoms with Crippen LogP contribution in [0.3, 0.4) is 0 Å². The summed E-state index contributed by atoms with van der Waals surface area (Å²) in [5, 5.41) is 2.83. The third kappa shape index (κ3) is 5.24. The van der Waals surface area contributed by atoms with Crippen LogP contribution in [0.2, 0.25) is 0 Å². The molecule has 0 aliphatic heterocycles. The first-order valence-electron chi connectivity index (χ1n) is 6.97. The van der Waals surface area contributed by atoms with Gasteiger partial charge in [-0.25, -0.2) is 4.39 Å². The molecule has 116 valence electrons. The van der Waals surface area contributed by atoms with Crippen LogP contribution in [0.1, 0.15) is 11.1 Å². The van der Waals surface area contributed by atoms with Gasteiger partial charge in [0.15, 0.2) is 0 Å². The number of hydrogen-bond donors (Lipinski definition) is 1. The van der Waals surface area contributed by atoms with Crippen LogP contribution in [0.5, 0.6) is 0 Å². The van der Waals surface area contributed by atoms with Gasteiger partial charge in [-0.15, -0.1) is 0 Å². The minimum Gasteiger partial charge on any atom is -0.351 e. The van der Waals surface area contributed by atoms with Crippen LogP contribution in [0.25, 0.3) is 0 Å². The number of amides is 1. The Hall–Kier alpha value is -1.72. The Labute approximate surface area is 138 Å². The lowest BCUT2D eigenvalue weighted by atomic mass is 10.2. The van der Waals surface area contributed by atoms with Gasteiger partial charge in [-0.05, 0) is 36.4 Å². The van der Waals surface area contributed by atoms with E-state index in [1.54, 1.807) is 12.1 Å². The topological polar surface area (TPSA) is 32.3 Å². The molecule has 2 aromatic carbocycles. The third-order valence-corrected chi connectivity index (χ3v) is 3.99. The van der Waals surface area contributed by atoms with Crippen LogP contribution in [0.15, 0.2) is 53.0 Å². The smallest absolute Gasteiger partial charge is 0.234 e. The van der Waals surface area contributed by atoms with Crippen molar-refractivity contribution in [3.63, 3.8) is 0 Å². The number of hydrogen-bond acceptors (Lipinski definition) is 2. The molecule has 0 saturated carbocycles. The molecule has 0 bridgehead atoms. The van der Waals surface area contributed by atoms with Crippen molar-refractivity contribution in [1.82, 2.24) is 10.2 Å². The third-order valence-electron chi connectivity index (χ3n) is 3.21. The maximum Gasteiger partial charge on any atom is 0.234 e. The predicted molar refractivity (Wildman–Crippen MR) is 88.7 cm³/mol. The van der Waals surface area contributed by atoms with Crippen LogP contribution in [-0.4, -0.2) is 24.4 Å². The molecule has 0 aliphatic rings. The molecule has 0 saturated heterocycles. The monoisotopic (exact) mass is 364 g/mol. The van der Waals surface area contributed by atoms with E-state index in [1.807, 2.05) is 36.2 Å². The highest BCUT2D eigenvalue weighted by Gasteiger charge is 2.08. The van der Waals surface area contributed by atoms with Crippen molar-refractivity contribution in [3.8, 4) is 0 Å². The van der Waals surface area contributed by atoms with Crippen LogP contribution in [-0.2, 0) is 17.9 Å². The predicted octanol–water partition coefficient (Wildman–Crippen LogP) is 3.34. The first-order chi connectivity index (χ1) is 10.5. The number of nitrogens with zero attached hydrogens (tertiary/aromatic N) is 1. The summed E-state index contributed by atoms with van der Waals surface area (Å²) in [6.45, 7) is 1.40. The second-order valence-electron chi connectivity index (χ2n) is 5.17. The molecule has 5 heteroatoms. The zero-order valence-electron chi connectivity index (χ0n) is 12.4. The molecular weight excluding hydrogens is 347 g/mol. The molecule has 3 nitrogen and oxygen atoms in total. The number of rotatable bonds is 6. The SMILES string of the molecule is CN(CC(=O)NCc1ccc(F)cc1)Cc1ccccc1Br. The first-order valence-corrected chi connectivity index (χ1v) is 7.77. The van der Waals surface area contributed by atoms with Crippen molar-refractivity contribution < 1.29 is 9.18 Å². The van der Waals surface area contributed by atoms with E-state index in [-0.39, 0.29) is 11.7 Å². The minimum atomic E-state index is -0.275. The molecule has 0 atom stereocenters. The summed E-state index contributed by atoms with van der Waals surface area (Å²) < 4.78 is 13.8. The number of benzene rings is 2. The lowest BCUT2D eigenvalue weighted by molar-refractivity contribution is -0.122. The van der Waals surface area contributed by atoms with Crippen molar-refractivity contribution in [2.75, 3.05) is 13.6 Å². The Balaban J connectivity index is 1.79. The van der Waals surface area contributed by atoms with Gasteiger partial charge in [0.25, 0.3) is 0 Å². The van der Waals surface area contributed by atoms with E-state index >= 15 is 0 Å². The summed E-state index contributed by atoms with van der Waals surface area (Å²) in [4.78, 5) is 13.9. The van der Waals surface area contributed by atoms with Gasteiger partial charge in [0.2, 0.25) is 5.91 Å². The van der Waals surface area contributed by atoms with Crippen molar-refractivity contribution in [3.05, 3.63) is 69.9 Å². The van der Waals surface area contributed by atoms with Gasteiger partial charge in [0, 0.05) is 17.6 Å². The molecule has 2 rings (SSSR count). The lowest BCUT2D eigenvalue weighted by Crippen LogP contribution is -2.34. The van der Waals surface area contributed by atoms with Crippen LogP contribution in [0, 0.1) is 5.82 Å². The van der Waals surface area contributed by atoms with Gasteiger partial charge < -0.3 is 5.32 Å². The highest BCUT2D eigenvalue weighted by molar-refractivity contribution is 9.10. The summed E-state index contributed by atoms with van der Waals surface area (Å²) in [6.07, 6.45) is 0. The van der Waals surface area contributed by atoms with Crippen molar-refractivity contribution in [1.29, 1.82) is 0 Å². The van der Waals surface area contributed by atoms with Crippen molar-refractivity contribution >= 4 is 21.8 Å². The Morgan fingerprint density at radius 3 is 2.55 bits per heavy atom. The zero-order chi connectivity index (χ0) is 15.9. The molecule has 0 radical (unpaired) electrons. The lowest BCUT2D eigenvalue weighted by Gasteiger charge is -2.17. The highest BCUT2D eigenvalue weighted by atomic mass is 79.9. The van der Waals surface area contributed by atoms with Gasteiger partial charge in [0.1, 0.15) is 5.82 Å². The van der Waals surface area contributed by atoms with E-state index in [2.05, 4.69) is 21.2 Å². The fourth-order valence-electron chi connectivity index (χ4n) is 2.08. The minimum absolute atomic E-state index is 0.0566. The van der Waals surface area contributed by atoms with E-state index in [9.17, 15) is 9.18 Å². The van der Waals surface area contributed by atoms with Gasteiger partial charge in [-0.2, -0.15) is 0 Å². The molecule has 22 heavy (non-hydrogen) atoms. The molecule has 0 aliphatic carbocycles. The fourth-order valence-corrected chi connectivity index (χ4v) is 2.49. The molecule has 1 amide bonds. The Bertz CT molecular complexity index is 631. The van der Waals surface area contributed by atoms with E-state index < -0.39 is 0 Å². The van der Waals surface area contributed by atoms with E-state index in [1.165, 1.54) is 12.1 Å². The van der Waals surface area contributed by atoms with Crippen LogP contribution in [0.4, 0.5) is 4.39 Å². The van der Waals surface area contributed by atoms with Crippen molar-refractivity contribution in [2.24, 2.45) is 0 Å². The molecule has 1 N–H and O–H groups in total. The number of halogens is 2. The summed E-state index contributed by atoms with van der Waals surface area (Å²) in [6, 6.07) is 14.1. The van der Waals surface area contributed by atoms with Crippen molar-refractivity contribution in [2.45, 2.75) is 13.1 Å². The summed E-state index contributed by atoms with van der Waals surface area (Å²) in [5.74, 6) is -0.331. The number of carbonyl (C=O) groups is 1. The average molecular weight is 365 g/mol. The van der Waals surface area contributed by atoms with Crippen LogP contribution >= 0.6 is 15.9 Å². The Morgan fingerprint density at radius 1 is 1.18 bits per heavy atom. The van der Waals surface area contributed by atoms with Gasteiger partial charge in [-0.3, -0.25) is 9.69 Å². The maximum atomic E-state index is 12.8. The largest absolute Gasteiger partial charge is 0.351 e. The second-order valence-corrected chi connectivity index (χ2v) is 6.02. The maximum absolute atomic E-state index is 12.8. The van der Waals surface area contributed by atoms with Gasteiger partial charge in [0.05, 0.1) is 6.54 Å². The number of carbonyl (C=O) groups excluding carboxylic acids is 1. The Morgan fingerprint density at radius 2 is 1.86 bits per heavy atom. The van der Waals surface area contributed by atoms with Crippen LogP contribution < -0.4 is 5.32 Å². The highest BCUT2D eigenvalue weighted by Crippen LogP contribution is 2.17. The standard InChI is InChI=1S/C17H18BrFN2O/c1-21(11-14-4-2-3-5-16(14)18)12-17(22)20-10-13-6-8-15(19)9-7-13/h2-9H,10-12H2,1H3,(H,20,22). The molecule has 0 aromatic heterocycles. The zero-order valence-corrected chi connectivity index (χ0v) is 13.9. The molecule has 0 spiro atoms. The summed E-state index contributed by atoms with van der Waals surface area (Å²) in [5.41, 5.74) is 2.01. The van der Waals surface area contributed by atoms with E-state index in [4.69, 9.17) is 0 Å². The van der Waals surface area contributed by atoms with Gasteiger partial charge >= 0.3 is 0 Å². The summed E-state index contributed by atoms with van der Waals surface area (Å²) in [7, 11) is 1.90.